The van der Waals surface area contributed by atoms with Gasteiger partial charge < -0.3 is 18.9 Å². The summed E-state index contributed by atoms with van der Waals surface area (Å²) in [6, 6.07) is 38.3. The summed E-state index contributed by atoms with van der Waals surface area (Å²) in [6.07, 6.45) is 2.80. The van der Waals surface area contributed by atoms with Crippen molar-refractivity contribution in [2.45, 2.75) is 82.6 Å². The van der Waals surface area contributed by atoms with Crippen LogP contribution < -0.4 is 0 Å². The average Bonchev–Trinajstić information content (AvgIpc) is 3.46. The Balaban J connectivity index is 1.83. The number of hydrogen-bond acceptors (Lipinski definition) is 6. The molecule has 1 heterocycles. The van der Waals surface area contributed by atoms with E-state index in [0.29, 0.717) is 28.7 Å². The predicted molar refractivity (Wildman–Crippen MR) is 187 cm³/mol. The number of carbonyl (C=O) groups is 2. The topological polar surface area (TPSA) is 71.1 Å². The van der Waals surface area contributed by atoms with E-state index in [-0.39, 0.29) is 11.9 Å². The van der Waals surface area contributed by atoms with E-state index in [1.54, 1.807) is 0 Å². The molecule has 0 aromatic heterocycles. The Labute approximate surface area is 284 Å². The first kappa shape index (κ1) is 34.8. The second-order valence-corrected chi connectivity index (χ2v) is 12.9. The molecule has 6 heteroatoms. The van der Waals surface area contributed by atoms with Crippen LogP contribution in [-0.4, -0.2) is 29.9 Å². The fourth-order valence-corrected chi connectivity index (χ4v) is 6.72. The van der Waals surface area contributed by atoms with E-state index < -0.39 is 35.2 Å². The van der Waals surface area contributed by atoms with Crippen molar-refractivity contribution in [3.8, 4) is 0 Å². The molecule has 0 bridgehead atoms. The summed E-state index contributed by atoms with van der Waals surface area (Å²) in [5.74, 6) is -2.54. The number of ether oxygens (including phenoxy) is 4. The normalized spacial score (nSPS) is 18.1. The van der Waals surface area contributed by atoms with Crippen molar-refractivity contribution in [3.05, 3.63) is 156 Å². The Morgan fingerprint density at radius 3 is 1.44 bits per heavy atom. The Morgan fingerprint density at radius 1 is 0.708 bits per heavy atom. The zero-order chi connectivity index (χ0) is 34.2. The van der Waals surface area contributed by atoms with Crippen molar-refractivity contribution in [1.82, 2.24) is 0 Å². The summed E-state index contributed by atoms with van der Waals surface area (Å²) in [7, 11) is 0. The van der Waals surface area contributed by atoms with Gasteiger partial charge in [-0.05, 0) is 20.3 Å². The second-order valence-electron chi connectivity index (χ2n) is 12.9. The van der Waals surface area contributed by atoms with Crippen LogP contribution in [-0.2, 0) is 39.7 Å². The van der Waals surface area contributed by atoms with Gasteiger partial charge in [0.1, 0.15) is 12.2 Å². The molecule has 4 aromatic rings. The molecular formula is C42H46O6. The zero-order valence-corrected chi connectivity index (χ0v) is 28.3. The number of unbranched alkanes of at least 4 members (excludes halogenated alkanes) is 2. The average molecular weight is 647 g/mol. The van der Waals surface area contributed by atoms with Crippen molar-refractivity contribution in [2.24, 2.45) is 5.92 Å². The van der Waals surface area contributed by atoms with Gasteiger partial charge in [0.25, 0.3) is 0 Å². The van der Waals surface area contributed by atoms with Gasteiger partial charge in [-0.1, -0.05) is 161 Å². The second kappa shape index (κ2) is 15.1. The first-order valence-corrected chi connectivity index (χ1v) is 16.8. The molecule has 6 nitrogen and oxygen atoms in total. The molecule has 1 saturated heterocycles. The highest BCUT2D eigenvalue weighted by Gasteiger charge is 2.65. The van der Waals surface area contributed by atoms with Gasteiger partial charge in [-0.2, -0.15) is 0 Å². The van der Waals surface area contributed by atoms with E-state index in [2.05, 4.69) is 13.5 Å². The van der Waals surface area contributed by atoms with Crippen LogP contribution >= 0.6 is 0 Å². The molecule has 0 amide bonds. The lowest BCUT2D eigenvalue weighted by atomic mass is 9.71. The summed E-state index contributed by atoms with van der Waals surface area (Å²) in [6.45, 7) is 11.4. The molecule has 0 aliphatic carbocycles. The van der Waals surface area contributed by atoms with Gasteiger partial charge in [0.2, 0.25) is 0 Å². The van der Waals surface area contributed by atoms with Gasteiger partial charge in [0.15, 0.2) is 17.0 Å². The highest BCUT2D eigenvalue weighted by atomic mass is 16.8. The molecule has 0 radical (unpaired) electrons. The zero-order valence-electron chi connectivity index (χ0n) is 28.3. The number of carbonyl (C=O) groups excluding carboxylic acids is 2. The van der Waals surface area contributed by atoms with Crippen LogP contribution in [0.1, 0.15) is 75.6 Å². The minimum atomic E-state index is -1.56. The lowest BCUT2D eigenvalue weighted by Crippen LogP contribution is -2.58. The Hall–Kier alpha value is -4.52. The molecule has 250 valence electrons. The molecule has 1 aliphatic heterocycles. The molecule has 4 aromatic carbocycles. The molecular weight excluding hydrogens is 600 g/mol. The Morgan fingerprint density at radius 2 is 1.08 bits per heavy atom. The van der Waals surface area contributed by atoms with Crippen LogP contribution in [0.4, 0.5) is 0 Å². The summed E-state index contributed by atoms with van der Waals surface area (Å²) in [4.78, 5) is 27.8. The van der Waals surface area contributed by atoms with Crippen molar-refractivity contribution < 1.29 is 28.5 Å². The van der Waals surface area contributed by atoms with Crippen molar-refractivity contribution in [2.75, 3.05) is 0 Å². The molecule has 1 fully saturated rings. The number of esters is 2. The van der Waals surface area contributed by atoms with Gasteiger partial charge in [-0.15, -0.1) is 0 Å². The first-order chi connectivity index (χ1) is 23.2. The van der Waals surface area contributed by atoms with Crippen molar-refractivity contribution in [1.29, 1.82) is 0 Å². The van der Waals surface area contributed by atoms with E-state index in [0.717, 1.165) is 25.3 Å². The summed E-state index contributed by atoms with van der Waals surface area (Å²) >= 11 is 0. The van der Waals surface area contributed by atoms with Crippen LogP contribution in [0.5, 0.6) is 0 Å². The van der Waals surface area contributed by atoms with Gasteiger partial charge in [-0.25, -0.2) is 4.79 Å². The SMILES string of the molecule is C=CC(=O)OC(c1ccccc1)(c1ccccc1)[C@@H]1OC(C)(C)OC1C(OC(=O)C(C)CCCCC)(c1ccccc1)c1ccccc1. The first-order valence-electron chi connectivity index (χ1n) is 16.8. The van der Waals surface area contributed by atoms with E-state index in [1.807, 2.05) is 142 Å². The Bertz CT molecular complexity index is 1560. The van der Waals surface area contributed by atoms with Gasteiger partial charge in [0, 0.05) is 28.3 Å². The quantitative estimate of drug-likeness (QED) is 0.0774. The van der Waals surface area contributed by atoms with E-state index in [4.69, 9.17) is 18.9 Å². The van der Waals surface area contributed by atoms with Gasteiger partial charge in [-0.3, -0.25) is 4.79 Å². The van der Waals surface area contributed by atoms with Crippen LogP contribution in [0.25, 0.3) is 0 Å². The highest BCUT2D eigenvalue weighted by Crippen LogP contribution is 2.53. The molecule has 0 saturated carbocycles. The number of benzene rings is 4. The fraction of sp³-hybridized carbons (Fsp3) is 0.333. The maximum atomic E-state index is 14.3. The smallest absolute Gasteiger partial charge is 0.331 e. The van der Waals surface area contributed by atoms with Gasteiger partial charge in [0.05, 0.1) is 5.92 Å². The van der Waals surface area contributed by atoms with Crippen LogP contribution in [0, 0.1) is 5.92 Å². The molecule has 0 spiro atoms. The maximum Gasteiger partial charge on any atom is 0.331 e. The predicted octanol–water partition coefficient (Wildman–Crippen LogP) is 8.88. The highest BCUT2D eigenvalue weighted by molar-refractivity contribution is 5.82. The maximum absolute atomic E-state index is 14.3. The van der Waals surface area contributed by atoms with E-state index in [1.165, 1.54) is 0 Å². The van der Waals surface area contributed by atoms with Crippen LogP contribution in [0.2, 0.25) is 0 Å². The van der Waals surface area contributed by atoms with Crippen molar-refractivity contribution in [3.63, 3.8) is 0 Å². The minimum absolute atomic E-state index is 0.348. The molecule has 1 aliphatic rings. The van der Waals surface area contributed by atoms with E-state index in [9.17, 15) is 9.59 Å². The lowest BCUT2D eigenvalue weighted by Gasteiger charge is -2.46. The number of hydrogen-bond donors (Lipinski definition) is 0. The van der Waals surface area contributed by atoms with Crippen LogP contribution in [0.3, 0.4) is 0 Å². The molecule has 0 N–H and O–H groups in total. The third-order valence-electron chi connectivity index (χ3n) is 9.04. The van der Waals surface area contributed by atoms with Gasteiger partial charge >= 0.3 is 11.9 Å². The molecule has 48 heavy (non-hydrogen) atoms. The molecule has 3 atom stereocenters. The standard InChI is InChI=1S/C42H46O6/c1-6-8-13-22-31(3)39(44)48-42(34-27-18-11-19-28-34,35-29-20-12-21-30-35)38-37(46-40(4,5)47-38)41(45-36(43)7-2,32-23-14-9-15-24-32)33-25-16-10-17-26-33/h7,9-12,14-21,23-31,37-38H,2,6,8,13,22H2,1,3-5H3/t31?,37-,38?/m1/s1. The number of rotatable bonds is 14. The summed E-state index contributed by atoms with van der Waals surface area (Å²) < 4.78 is 27.3. The summed E-state index contributed by atoms with van der Waals surface area (Å²) in [5.41, 5.74) is -0.348. The molecule has 2 unspecified atom stereocenters. The van der Waals surface area contributed by atoms with Crippen molar-refractivity contribution >= 4 is 11.9 Å². The molecule has 5 rings (SSSR count). The monoisotopic (exact) mass is 646 g/mol. The fourth-order valence-electron chi connectivity index (χ4n) is 6.72. The largest absolute Gasteiger partial charge is 0.446 e. The van der Waals surface area contributed by atoms with E-state index >= 15 is 0 Å². The summed E-state index contributed by atoms with van der Waals surface area (Å²) in [5, 5.41) is 0. The third kappa shape index (κ3) is 7.01. The third-order valence-corrected chi connectivity index (χ3v) is 9.04. The lowest BCUT2D eigenvalue weighted by molar-refractivity contribution is -0.190. The Kier molecular flexibility index (Phi) is 11.0. The minimum Gasteiger partial charge on any atom is -0.446 e. The van der Waals surface area contributed by atoms with Crippen LogP contribution in [0.15, 0.2) is 134 Å².